The second kappa shape index (κ2) is 4.40. The van der Waals surface area contributed by atoms with Gasteiger partial charge in [0.25, 0.3) is 0 Å². The lowest BCUT2D eigenvalue weighted by molar-refractivity contribution is 0.117. The lowest BCUT2D eigenvalue weighted by Gasteiger charge is -2.16. The summed E-state index contributed by atoms with van der Waals surface area (Å²) >= 11 is 0. The molecule has 1 fully saturated rings. The second-order valence-corrected chi connectivity index (χ2v) is 6.01. The molecule has 96 valence electrons. The molecule has 1 aliphatic heterocycles. The van der Waals surface area contributed by atoms with E-state index >= 15 is 0 Å². The van der Waals surface area contributed by atoms with Crippen molar-refractivity contribution in [1.29, 1.82) is 0 Å². The highest BCUT2D eigenvalue weighted by Crippen LogP contribution is 2.20. The molecule has 17 heavy (non-hydrogen) atoms. The molecule has 2 N–H and O–H groups in total. The van der Waals surface area contributed by atoms with Crippen molar-refractivity contribution in [2.24, 2.45) is 0 Å². The molecule has 0 amide bonds. The molecule has 7 heteroatoms. The van der Waals surface area contributed by atoms with Gasteiger partial charge in [-0.2, -0.15) is 5.10 Å². The minimum atomic E-state index is -3.52. The van der Waals surface area contributed by atoms with Gasteiger partial charge in [0.1, 0.15) is 4.90 Å². The van der Waals surface area contributed by atoms with Crippen LogP contribution in [0.2, 0.25) is 0 Å². The first-order valence-corrected chi connectivity index (χ1v) is 7.05. The van der Waals surface area contributed by atoms with Crippen molar-refractivity contribution in [3.05, 3.63) is 11.4 Å². The average Bonchev–Trinajstić information content (AvgIpc) is 2.74. The van der Waals surface area contributed by atoms with E-state index in [0.717, 1.165) is 0 Å². The molecular formula is C10H17N3O3S. The fraction of sp³-hybridized carbons (Fsp3) is 0.700. The predicted molar refractivity (Wildman–Crippen MR) is 62.2 cm³/mol. The van der Waals surface area contributed by atoms with Gasteiger partial charge in [-0.05, 0) is 27.2 Å². The van der Waals surface area contributed by atoms with Crippen LogP contribution in [-0.2, 0) is 14.8 Å². The number of aromatic amines is 1. The molecule has 0 saturated carbocycles. The molecule has 1 aliphatic rings. The van der Waals surface area contributed by atoms with Crippen LogP contribution >= 0.6 is 0 Å². The highest BCUT2D eigenvalue weighted by Gasteiger charge is 2.31. The van der Waals surface area contributed by atoms with Gasteiger partial charge in [-0.3, -0.25) is 5.10 Å². The van der Waals surface area contributed by atoms with Crippen LogP contribution in [0.15, 0.2) is 4.90 Å². The van der Waals surface area contributed by atoms with E-state index in [0.29, 0.717) is 24.4 Å². The van der Waals surface area contributed by atoms with Crippen LogP contribution in [0.4, 0.5) is 0 Å². The Balaban J connectivity index is 2.25. The molecule has 1 aromatic rings. The van der Waals surface area contributed by atoms with Crippen LogP contribution in [0.3, 0.4) is 0 Å². The Hall–Kier alpha value is -0.920. The van der Waals surface area contributed by atoms with Gasteiger partial charge in [0.15, 0.2) is 0 Å². The van der Waals surface area contributed by atoms with Gasteiger partial charge >= 0.3 is 0 Å². The monoisotopic (exact) mass is 259 g/mol. The number of aromatic nitrogens is 2. The third-order valence-electron chi connectivity index (χ3n) is 3.01. The molecule has 2 unspecified atom stereocenters. The van der Waals surface area contributed by atoms with Crippen molar-refractivity contribution in [3.8, 4) is 0 Å². The lowest BCUT2D eigenvalue weighted by Crippen LogP contribution is -2.39. The van der Waals surface area contributed by atoms with E-state index < -0.39 is 10.0 Å². The van der Waals surface area contributed by atoms with Crippen molar-refractivity contribution in [1.82, 2.24) is 14.9 Å². The Morgan fingerprint density at radius 3 is 2.65 bits per heavy atom. The molecule has 6 nitrogen and oxygen atoms in total. The van der Waals surface area contributed by atoms with Gasteiger partial charge in [0.05, 0.1) is 23.5 Å². The molecule has 1 saturated heterocycles. The molecular weight excluding hydrogens is 242 g/mol. The highest BCUT2D eigenvalue weighted by molar-refractivity contribution is 7.89. The van der Waals surface area contributed by atoms with Crippen molar-refractivity contribution in [3.63, 3.8) is 0 Å². The zero-order valence-corrected chi connectivity index (χ0v) is 11.0. The fourth-order valence-electron chi connectivity index (χ4n) is 2.08. The first kappa shape index (κ1) is 12.5. The van der Waals surface area contributed by atoms with Crippen LogP contribution < -0.4 is 4.72 Å². The molecule has 0 radical (unpaired) electrons. The van der Waals surface area contributed by atoms with Gasteiger partial charge < -0.3 is 4.74 Å². The lowest BCUT2D eigenvalue weighted by atomic mass is 10.2. The molecule has 2 atom stereocenters. The number of sulfonamides is 1. The smallest absolute Gasteiger partial charge is 0.244 e. The van der Waals surface area contributed by atoms with Crippen molar-refractivity contribution in [2.75, 3.05) is 6.61 Å². The summed E-state index contributed by atoms with van der Waals surface area (Å²) in [6, 6.07) is -0.159. The van der Waals surface area contributed by atoms with Crippen LogP contribution in [0.1, 0.15) is 24.7 Å². The summed E-state index contributed by atoms with van der Waals surface area (Å²) < 4.78 is 32.4. The third-order valence-corrected chi connectivity index (χ3v) is 4.76. The molecule has 1 aromatic heterocycles. The van der Waals surface area contributed by atoms with Crippen molar-refractivity contribution in [2.45, 2.75) is 44.2 Å². The van der Waals surface area contributed by atoms with Crippen molar-refractivity contribution < 1.29 is 13.2 Å². The summed E-state index contributed by atoms with van der Waals surface area (Å²) in [6.07, 6.45) is 0.619. The van der Waals surface area contributed by atoms with Gasteiger partial charge in [-0.1, -0.05) is 0 Å². The SMILES string of the molecule is Cc1n[nH]c(C)c1S(=O)(=O)NC1CCOC1C. The van der Waals surface area contributed by atoms with Gasteiger partial charge in [0.2, 0.25) is 10.0 Å². The topological polar surface area (TPSA) is 84.1 Å². The standard InChI is InChI=1S/C10H17N3O3S/c1-6-10(7(2)12-11-6)17(14,15)13-9-4-5-16-8(9)3/h8-9,13H,4-5H2,1-3H3,(H,11,12). The summed E-state index contributed by atoms with van der Waals surface area (Å²) in [5, 5.41) is 6.58. The quantitative estimate of drug-likeness (QED) is 0.827. The third kappa shape index (κ3) is 2.36. The van der Waals surface area contributed by atoms with Crippen molar-refractivity contribution >= 4 is 10.0 Å². The normalized spacial score (nSPS) is 25.4. The van der Waals surface area contributed by atoms with Crippen LogP contribution in [-0.4, -0.2) is 37.4 Å². The van der Waals surface area contributed by atoms with Crippen LogP contribution in [0, 0.1) is 13.8 Å². The van der Waals surface area contributed by atoms with Crippen LogP contribution in [0.25, 0.3) is 0 Å². The summed E-state index contributed by atoms with van der Waals surface area (Å²) in [7, 11) is -3.52. The van der Waals surface area contributed by atoms with E-state index in [4.69, 9.17) is 4.74 Å². The zero-order chi connectivity index (χ0) is 12.6. The maximum atomic E-state index is 12.2. The zero-order valence-electron chi connectivity index (χ0n) is 10.1. The molecule has 2 heterocycles. The van der Waals surface area contributed by atoms with E-state index in [1.807, 2.05) is 6.92 Å². The molecule has 0 spiro atoms. The van der Waals surface area contributed by atoms with Gasteiger partial charge in [-0.15, -0.1) is 0 Å². The van der Waals surface area contributed by atoms with E-state index in [9.17, 15) is 8.42 Å². The van der Waals surface area contributed by atoms with Crippen LogP contribution in [0.5, 0.6) is 0 Å². The fourth-order valence-corrected chi connectivity index (χ4v) is 3.79. The summed E-state index contributed by atoms with van der Waals surface area (Å²) in [5.41, 5.74) is 1.04. The largest absolute Gasteiger partial charge is 0.377 e. The number of H-pyrrole nitrogens is 1. The van der Waals surface area contributed by atoms with Gasteiger partial charge in [-0.25, -0.2) is 13.1 Å². The molecule has 0 aliphatic carbocycles. The van der Waals surface area contributed by atoms with E-state index in [1.165, 1.54) is 0 Å². The summed E-state index contributed by atoms with van der Waals surface area (Å²) in [5.74, 6) is 0. The number of hydrogen-bond acceptors (Lipinski definition) is 4. The Morgan fingerprint density at radius 1 is 1.47 bits per heavy atom. The van der Waals surface area contributed by atoms with Gasteiger partial charge in [0, 0.05) is 6.61 Å². The summed E-state index contributed by atoms with van der Waals surface area (Å²) in [6.45, 7) is 5.84. The maximum Gasteiger partial charge on any atom is 0.244 e. The van der Waals surface area contributed by atoms with E-state index in [2.05, 4.69) is 14.9 Å². The number of nitrogens with zero attached hydrogens (tertiary/aromatic N) is 1. The first-order valence-electron chi connectivity index (χ1n) is 5.57. The number of aryl methyl sites for hydroxylation is 2. The van der Waals surface area contributed by atoms with E-state index in [1.54, 1.807) is 13.8 Å². The molecule has 2 rings (SSSR count). The first-order chi connectivity index (χ1) is 7.92. The Labute approximate surface area is 101 Å². The number of nitrogens with one attached hydrogen (secondary N) is 2. The molecule has 0 aromatic carbocycles. The number of rotatable bonds is 3. The Morgan fingerprint density at radius 2 is 2.18 bits per heavy atom. The Bertz CT molecular complexity index is 489. The maximum absolute atomic E-state index is 12.2. The second-order valence-electron chi connectivity index (χ2n) is 4.36. The number of hydrogen-bond donors (Lipinski definition) is 2. The predicted octanol–water partition coefficient (Wildman–Crippen LogP) is 0.482. The summed E-state index contributed by atoms with van der Waals surface area (Å²) in [4.78, 5) is 0.247. The minimum Gasteiger partial charge on any atom is -0.377 e. The Kier molecular flexibility index (Phi) is 3.24. The number of ether oxygens (including phenoxy) is 1. The van der Waals surface area contributed by atoms with E-state index in [-0.39, 0.29) is 17.0 Å². The average molecular weight is 259 g/mol. The minimum absolute atomic E-state index is 0.0858. The molecule has 0 bridgehead atoms. The highest BCUT2D eigenvalue weighted by atomic mass is 32.2.